The van der Waals surface area contributed by atoms with Crippen molar-refractivity contribution < 1.29 is 14.3 Å². The minimum atomic E-state index is -0.268. The topological polar surface area (TPSA) is 61.9 Å². The summed E-state index contributed by atoms with van der Waals surface area (Å²) < 4.78 is 5.02. The number of carbonyl (C=O) groups excluding carboxylic acids is 2. The van der Waals surface area contributed by atoms with Crippen LogP contribution in [-0.4, -0.2) is 56.1 Å². The molecule has 26 heavy (non-hydrogen) atoms. The quantitative estimate of drug-likeness (QED) is 0.687. The van der Waals surface area contributed by atoms with E-state index in [1.807, 2.05) is 17.0 Å². The molecule has 3 rings (SSSR count). The summed E-state index contributed by atoms with van der Waals surface area (Å²) in [6.45, 7) is 5.54. The molecule has 0 atom stereocenters. The van der Waals surface area contributed by atoms with Gasteiger partial charge in [0, 0.05) is 31.0 Å². The molecule has 1 aromatic rings. The van der Waals surface area contributed by atoms with Crippen molar-refractivity contribution in [1.82, 2.24) is 4.90 Å². The Hall–Kier alpha value is -2.08. The molecule has 1 aliphatic carbocycles. The lowest BCUT2D eigenvalue weighted by molar-refractivity contribution is -0.144. The van der Waals surface area contributed by atoms with Crippen molar-refractivity contribution in [3.63, 3.8) is 0 Å². The Bertz CT molecular complexity index is 607. The molecule has 1 aliphatic heterocycles. The number of rotatable bonds is 9. The van der Waals surface area contributed by atoms with E-state index in [1.54, 1.807) is 6.92 Å². The first-order valence-electron chi connectivity index (χ1n) is 9.67. The third kappa shape index (κ3) is 5.73. The largest absolute Gasteiger partial charge is 0.465 e. The minimum absolute atomic E-state index is 0.0936. The molecule has 0 unspecified atom stereocenters. The van der Waals surface area contributed by atoms with E-state index in [0.717, 1.165) is 25.3 Å². The first-order valence-corrected chi connectivity index (χ1v) is 9.67. The van der Waals surface area contributed by atoms with Gasteiger partial charge in [0.05, 0.1) is 19.7 Å². The van der Waals surface area contributed by atoms with Gasteiger partial charge in [-0.2, -0.15) is 0 Å². The highest BCUT2D eigenvalue weighted by molar-refractivity contribution is 5.92. The summed E-state index contributed by atoms with van der Waals surface area (Å²) in [6, 6.07) is 8.01. The van der Waals surface area contributed by atoms with Crippen LogP contribution in [0, 0.1) is 5.92 Å². The molecule has 1 N–H and O–H groups in total. The van der Waals surface area contributed by atoms with E-state index in [0.29, 0.717) is 12.5 Å². The zero-order chi connectivity index (χ0) is 18.4. The number of esters is 1. The second kappa shape index (κ2) is 9.03. The fourth-order valence-electron chi connectivity index (χ4n) is 3.37. The van der Waals surface area contributed by atoms with Gasteiger partial charge < -0.3 is 15.0 Å². The van der Waals surface area contributed by atoms with Crippen molar-refractivity contribution in [2.24, 2.45) is 5.92 Å². The Labute approximate surface area is 155 Å². The number of hydrogen-bond donors (Lipinski definition) is 1. The zero-order valence-corrected chi connectivity index (χ0v) is 15.6. The third-order valence-corrected chi connectivity index (χ3v) is 4.86. The van der Waals surface area contributed by atoms with Gasteiger partial charge in [-0.3, -0.25) is 14.5 Å². The molecular weight excluding hydrogens is 330 g/mol. The second-order valence-corrected chi connectivity index (χ2v) is 7.21. The van der Waals surface area contributed by atoms with Gasteiger partial charge in [0.15, 0.2) is 0 Å². The van der Waals surface area contributed by atoms with Crippen LogP contribution in [-0.2, 0) is 14.3 Å². The van der Waals surface area contributed by atoms with Gasteiger partial charge in [-0.15, -0.1) is 0 Å². The van der Waals surface area contributed by atoms with Gasteiger partial charge in [0.2, 0.25) is 5.91 Å². The number of benzene rings is 1. The highest BCUT2D eigenvalue weighted by atomic mass is 16.5. The molecule has 1 saturated heterocycles. The van der Waals surface area contributed by atoms with Crippen LogP contribution in [0.15, 0.2) is 24.3 Å². The van der Waals surface area contributed by atoms with Crippen molar-refractivity contribution in [3.8, 4) is 0 Å². The molecular formula is C20H29N3O3. The summed E-state index contributed by atoms with van der Waals surface area (Å²) in [5.74, 6) is 0.247. The maximum absolute atomic E-state index is 12.4. The second-order valence-electron chi connectivity index (χ2n) is 7.21. The van der Waals surface area contributed by atoms with Crippen molar-refractivity contribution in [3.05, 3.63) is 24.3 Å². The standard InChI is InChI=1S/C20H29N3O3/c1-2-26-20(25)15-22(13-16-5-6-16)14-19(24)21-17-7-9-18(10-8-17)23-11-3-4-12-23/h7-10,16H,2-6,11-15H2,1H3,(H,21,24). The van der Waals surface area contributed by atoms with Crippen LogP contribution < -0.4 is 10.2 Å². The van der Waals surface area contributed by atoms with Crippen LogP contribution in [0.5, 0.6) is 0 Å². The van der Waals surface area contributed by atoms with Crippen LogP contribution >= 0.6 is 0 Å². The van der Waals surface area contributed by atoms with Crippen LogP contribution in [0.4, 0.5) is 11.4 Å². The van der Waals surface area contributed by atoms with E-state index in [-0.39, 0.29) is 25.0 Å². The van der Waals surface area contributed by atoms with Crippen LogP contribution in [0.2, 0.25) is 0 Å². The zero-order valence-electron chi connectivity index (χ0n) is 15.6. The molecule has 2 fully saturated rings. The molecule has 0 aromatic heterocycles. The van der Waals surface area contributed by atoms with Gasteiger partial charge in [0.25, 0.3) is 0 Å². The molecule has 142 valence electrons. The number of amides is 1. The molecule has 1 amide bonds. The number of ether oxygens (including phenoxy) is 1. The normalized spacial score (nSPS) is 16.8. The van der Waals surface area contributed by atoms with Gasteiger partial charge in [0.1, 0.15) is 0 Å². The summed E-state index contributed by atoms with van der Waals surface area (Å²) >= 11 is 0. The first kappa shape index (κ1) is 18.7. The van der Waals surface area contributed by atoms with E-state index in [2.05, 4.69) is 22.3 Å². The Morgan fingerprint density at radius 3 is 2.46 bits per heavy atom. The fraction of sp³-hybridized carbons (Fsp3) is 0.600. The van der Waals surface area contributed by atoms with Gasteiger partial charge in [-0.05, 0) is 62.8 Å². The number of anilines is 2. The van der Waals surface area contributed by atoms with Gasteiger partial charge >= 0.3 is 5.97 Å². The van der Waals surface area contributed by atoms with Crippen molar-refractivity contribution in [2.45, 2.75) is 32.6 Å². The maximum atomic E-state index is 12.4. The smallest absolute Gasteiger partial charge is 0.320 e. The number of carbonyl (C=O) groups is 2. The lowest BCUT2D eigenvalue weighted by Gasteiger charge is -2.21. The van der Waals surface area contributed by atoms with E-state index in [9.17, 15) is 9.59 Å². The van der Waals surface area contributed by atoms with E-state index >= 15 is 0 Å². The van der Waals surface area contributed by atoms with Gasteiger partial charge in [-0.25, -0.2) is 0 Å². The Morgan fingerprint density at radius 2 is 1.85 bits per heavy atom. The first-order chi connectivity index (χ1) is 12.6. The Morgan fingerprint density at radius 1 is 1.15 bits per heavy atom. The van der Waals surface area contributed by atoms with E-state index < -0.39 is 0 Å². The number of nitrogens with one attached hydrogen (secondary N) is 1. The van der Waals surface area contributed by atoms with E-state index in [4.69, 9.17) is 4.74 Å². The lowest BCUT2D eigenvalue weighted by Crippen LogP contribution is -2.38. The van der Waals surface area contributed by atoms with Crippen molar-refractivity contribution in [2.75, 3.05) is 49.5 Å². The predicted octanol–water partition coefficient (Wildman–Crippen LogP) is 2.50. The average molecular weight is 359 g/mol. The molecule has 0 spiro atoms. The molecule has 1 saturated carbocycles. The summed E-state index contributed by atoms with van der Waals surface area (Å²) in [7, 11) is 0. The Balaban J connectivity index is 1.50. The molecule has 6 nitrogen and oxygen atoms in total. The molecule has 0 bridgehead atoms. The lowest BCUT2D eigenvalue weighted by atomic mass is 10.2. The summed E-state index contributed by atoms with van der Waals surface area (Å²) in [5.41, 5.74) is 2.00. The van der Waals surface area contributed by atoms with Crippen molar-refractivity contribution in [1.29, 1.82) is 0 Å². The predicted molar refractivity (Wildman–Crippen MR) is 102 cm³/mol. The van der Waals surface area contributed by atoms with Gasteiger partial charge in [-0.1, -0.05) is 0 Å². The monoisotopic (exact) mass is 359 g/mol. The van der Waals surface area contributed by atoms with Crippen LogP contribution in [0.25, 0.3) is 0 Å². The maximum Gasteiger partial charge on any atom is 0.320 e. The number of hydrogen-bond acceptors (Lipinski definition) is 5. The van der Waals surface area contributed by atoms with E-state index in [1.165, 1.54) is 31.4 Å². The summed E-state index contributed by atoms with van der Waals surface area (Å²) in [4.78, 5) is 28.4. The summed E-state index contributed by atoms with van der Waals surface area (Å²) in [6.07, 6.45) is 4.85. The van der Waals surface area contributed by atoms with Crippen LogP contribution in [0.1, 0.15) is 32.6 Å². The van der Waals surface area contributed by atoms with Crippen LogP contribution in [0.3, 0.4) is 0 Å². The Kier molecular flexibility index (Phi) is 6.50. The molecule has 1 heterocycles. The minimum Gasteiger partial charge on any atom is -0.465 e. The molecule has 1 aromatic carbocycles. The molecule has 0 radical (unpaired) electrons. The molecule has 6 heteroatoms. The third-order valence-electron chi connectivity index (χ3n) is 4.86. The fourth-order valence-corrected chi connectivity index (χ4v) is 3.37. The highest BCUT2D eigenvalue weighted by Crippen LogP contribution is 2.29. The van der Waals surface area contributed by atoms with Crippen molar-refractivity contribution >= 4 is 23.3 Å². The average Bonchev–Trinajstić information content (AvgIpc) is 3.24. The molecule has 2 aliphatic rings. The highest BCUT2D eigenvalue weighted by Gasteiger charge is 2.26. The SMILES string of the molecule is CCOC(=O)CN(CC(=O)Nc1ccc(N2CCCC2)cc1)CC1CC1. The number of nitrogens with zero attached hydrogens (tertiary/aromatic N) is 2. The summed E-state index contributed by atoms with van der Waals surface area (Å²) in [5, 5.41) is 2.94.